The first-order valence-electron chi connectivity index (χ1n) is 6.00. The van der Waals surface area contributed by atoms with Gasteiger partial charge in [-0.05, 0) is 38.5 Å². The van der Waals surface area contributed by atoms with Crippen LogP contribution >= 0.6 is 12.4 Å². The molecule has 0 saturated carbocycles. The van der Waals surface area contributed by atoms with Gasteiger partial charge in [-0.3, -0.25) is 4.79 Å². The van der Waals surface area contributed by atoms with Crippen molar-refractivity contribution in [3.8, 4) is 5.75 Å². The summed E-state index contributed by atoms with van der Waals surface area (Å²) in [7, 11) is 1.37. The van der Waals surface area contributed by atoms with Crippen LogP contribution in [0.2, 0.25) is 0 Å². The number of ether oxygens (including phenoxy) is 2. The van der Waals surface area contributed by atoms with E-state index in [2.05, 4.69) is 0 Å². The van der Waals surface area contributed by atoms with E-state index in [-0.39, 0.29) is 18.4 Å². The van der Waals surface area contributed by atoms with Crippen LogP contribution in [0.25, 0.3) is 0 Å². The molecular formula is C14H22ClNO3. The van der Waals surface area contributed by atoms with Gasteiger partial charge in [0, 0.05) is 6.04 Å². The lowest BCUT2D eigenvalue weighted by molar-refractivity contribution is -0.152. The molecule has 0 aliphatic carbocycles. The number of carbonyl (C=O) groups is 1. The molecule has 0 heterocycles. The number of halogens is 1. The third-order valence-corrected chi connectivity index (χ3v) is 3.02. The van der Waals surface area contributed by atoms with E-state index in [1.54, 1.807) is 13.8 Å². The Morgan fingerprint density at radius 1 is 1.42 bits per heavy atom. The first-order chi connectivity index (χ1) is 8.43. The summed E-state index contributed by atoms with van der Waals surface area (Å²) in [5.74, 6) is 0.433. The highest BCUT2D eigenvalue weighted by atomic mass is 35.5. The maximum Gasteiger partial charge on any atom is 0.313 e. The molecule has 0 aliphatic heterocycles. The number of nitrogens with two attached hydrogens (primary N) is 1. The van der Waals surface area contributed by atoms with Gasteiger partial charge in [-0.1, -0.05) is 12.1 Å². The van der Waals surface area contributed by atoms with Gasteiger partial charge >= 0.3 is 5.97 Å². The van der Waals surface area contributed by atoms with Crippen molar-refractivity contribution in [1.29, 1.82) is 0 Å². The number of hydrogen-bond acceptors (Lipinski definition) is 4. The highest BCUT2D eigenvalue weighted by Crippen LogP contribution is 2.33. The van der Waals surface area contributed by atoms with Crippen LogP contribution in [0.15, 0.2) is 24.3 Å². The lowest BCUT2D eigenvalue weighted by Gasteiger charge is -2.29. The summed E-state index contributed by atoms with van der Waals surface area (Å²) in [6.07, 6.45) is 0. The average molecular weight is 288 g/mol. The van der Waals surface area contributed by atoms with Crippen molar-refractivity contribution in [2.24, 2.45) is 11.1 Å². The lowest BCUT2D eigenvalue weighted by Crippen LogP contribution is -2.37. The molecule has 5 heteroatoms. The molecule has 1 aromatic rings. The number of esters is 1. The van der Waals surface area contributed by atoms with E-state index >= 15 is 0 Å². The first-order valence-corrected chi connectivity index (χ1v) is 6.00. The molecule has 0 bridgehead atoms. The van der Waals surface area contributed by atoms with E-state index in [0.29, 0.717) is 6.61 Å². The Morgan fingerprint density at radius 2 is 2.05 bits per heavy atom. The molecule has 4 nitrogen and oxygen atoms in total. The summed E-state index contributed by atoms with van der Waals surface area (Å²) in [6, 6.07) is 7.04. The van der Waals surface area contributed by atoms with Gasteiger partial charge in [-0.25, -0.2) is 0 Å². The molecule has 1 aromatic carbocycles. The molecule has 0 radical (unpaired) electrons. The minimum atomic E-state index is -0.778. The third kappa shape index (κ3) is 4.11. The fourth-order valence-corrected chi connectivity index (χ4v) is 1.77. The molecule has 0 aromatic heterocycles. The van der Waals surface area contributed by atoms with Gasteiger partial charge in [0.1, 0.15) is 5.75 Å². The largest absolute Gasteiger partial charge is 0.494 e. The van der Waals surface area contributed by atoms with Crippen LogP contribution in [0.1, 0.15) is 32.4 Å². The zero-order chi connectivity index (χ0) is 13.8. The number of rotatable bonds is 5. The highest BCUT2D eigenvalue weighted by molar-refractivity contribution is 5.85. The number of benzene rings is 1. The molecule has 0 amide bonds. The fourth-order valence-electron chi connectivity index (χ4n) is 1.77. The van der Waals surface area contributed by atoms with Gasteiger partial charge in [0.25, 0.3) is 0 Å². The van der Waals surface area contributed by atoms with Gasteiger partial charge < -0.3 is 15.2 Å². The molecule has 0 unspecified atom stereocenters. The van der Waals surface area contributed by atoms with Gasteiger partial charge in [0.2, 0.25) is 0 Å². The molecule has 0 fully saturated rings. The topological polar surface area (TPSA) is 61.5 Å². The molecule has 1 atom stereocenters. The number of methoxy groups -OCH3 is 1. The van der Waals surface area contributed by atoms with E-state index in [4.69, 9.17) is 15.2 Å². The molecule has 0 spiro atoms. The Morgan fingerprint density at radius 3 is 2.58 bits per heavy atom. The second-order valence-corrected chi connectivity index (χ2v) is 4.70. The normalized spacial score (nSPS) is 12.3. The molecule has 1 rings (SSSR count). The molecular weight excluding hydrogens is 266 g/mol. The molecule has 108 valence electrons. The minimum absolute atomic E-state index is 0. The van der Waals surface area contributed by atoms with Crippen molar-refractivity contribution in [3.05, 3.63) is 29.8 Å². The van der Waals surface area contributed by atoms with Gasteiger partial charge in [-0.2, -0.15) is 0 Å². The maximum atomic E-state index is 11.7. The van der Waals surface area contributed by atoms with Crippen LogP contribution in [0.3, 0.4) is 0 Å². The zero-order valence-corrected chi connectivity index (χ0v) is 12.6. The monoisotopic (exact) mass is 287 g/mol. The quantitative estimate of drug-likeness (QED) is 0.846. The van der Waals surface area contributed by atoms with Crippen molar-refractivity contribution in [2.45, 2.75) is 26.8 Å². The summed E-state index contributed by atoms with van der Waals surface area (Å²) in [4.78, 5) is 11.7. The second-order valence-electron chi connectivity index (χ2n) is 4.70. The molecule has 2 N–H and O–H groups in total. The van der Waals surface area contributed by atoms with E-state index in [0.717, 1.165) is 11.3 Å². The maximum absolute atomic E-state index is 11.7. The summed E-state index contributed by atoms with van der Waals surface area (Å²) in [5, 5.41) is 0. The predicted octanol–water partition coefficient (Wildman–Crippen LogP) is 2.71. The SMILES string of the molecule is CCOc1cccc([C@@H](N)C(C)(C)C(=O)OC)c1.Cl. The van der Waals surface area contributed by atoms with Crippen LogP contribution in [0.4, 0.5) is 0 Å². The summed E-state index contributed by atoms with van der Waals surface area (Å²) < 4.78 is 10.2. The Hall–Kier alpha value is -1.26. The van der Waals surface area contributed by atoms with Gasteiger partial charge in [0.05, 0.1) is 19.1 Å². The van der Waals surface area contributed by atoms with Gasteiger partial charge in [0.15, 0.2) is 0 Å². The Bertz CT molecular complexity index is 421. The van der Waals surface area contributed by atoms with Crippen molar-refractivity contribution < 1.29 is 14.3 Å². The minimum Gasteiger partial charge on any atom is -0.494 e. The van der Waals surface area contributed by atoms with E-state index < -0.39 is 11.5 Å². The Balaban J connectivity index is 0.00000324. The Labute approximate surface area is 120 Å². The van der Waals surface area contributed by atoms with Crippen molar-refractivity contribution in [2.75, 3.05) is 13.7 Å². The van der Waals surface area contributed by atoms with E-state index in [9.17, 15) is 4.79 Å². The van der Waals surface area contributed by atoms with Crippen LogP contribution in [0.5, 0.6) is 5.75 Å². The molecule has 19 heavy (non-hydrogen) atoms. The molecule has 0 aliphatic rings. The first kappa shape index (κ1) is 17.7. The van der Waals surface area contributed by atoms with Crippen molar-refractivity contribution in [1.82, 2.24) is 0 Å². The summed E-state index contributed by atoms with van der Waals surface area (Å²) in [5.41, 5.74) is 6.24. The Kier molecular flexibility index (Phi) is 6.87. The zero-order valence-electron chi connectivity index (χ0n) is 11.8. The average Bonchev–Trinajstić information content (AvgIpc) is 2.37. The summed E-state index contributed by atoms with van der Waals surface area (Å²) in [6.45, 7) is 6.07. The van der Waals surface area contributed by atoms with Crippen molar-refractivity contribution >= 4 is 18.4 Å². The molecule has 0 saturated heterocycles. The van der Waals surface area contributed by atoms with E-state index in [1.807, 2.05) is 31.2 Å². The third-order valence-electron chi connectivity index (χ3n) is 3.02. The van der Waals surface area contributed by atoms with Crippen LogP contribution < -0.4 is 10.5 Å². The summed E-state index contributed by atoms with van der Waals surface area (Å²) >= 11 is 0. The highest BCUT2D eigenvalue weighted by Gasteiger charge is 2.36. The predicted molar refractivity (Wildman–Crippen MR) is 77.6 cm³/mol. The smallest absolute Gasteiger partial charge is 0.313 e. The number of carbonyl (C=O) groups excluding carboxylic acids is 1. The van der Waals surface area contributed by atoms with Gasteiger partial charge in [-0.15, -0.1) is 12.4 Å². The fraction of sp³-hybridized carbons (Fsp3) is 0.500. The van der Waals surface area contributed by atoms with Crippen LogP contribution in [0, 0.1) is 5.41 Å². The van der Waals surface area contributed by atoms with Crippen molar-refractivity contribution in [3.63, 3.8) is 0 Å². The second kappa shape index (κ2) is 7.36. The van der Waals surface area contributed by atoms with Crippen LogP contribution in [-0.2, 0) is 9.53 Å². The van der Waals surface area contributed by atoms with Crippen LogP contribution in [-0.4, -0.2) is 19.7 Å². The number of hydrogen-bond donors (Lipinski definition) is 1. The lowest BCUT2D eigenvalue weighted by atomic mass is 9.81. The standard InChI is InChI=1S/C14H21NO3.ClH/c1-5-18-11-8-6-7-10(9-11)12(15)14(2,3)13(16)17-4;/h6-9,12H,5,15H2,1-4H3;1H/t12-;/m1./s1. The van der Waals surface area contributed by atoms with E-state index in [1.165, 1.54) is 7.11 Å².